The molecule has 0 aliphatic heterocycles. The van der Waals surface area contributed by atoms with Crippen molar-refractivity contribution in [1.82, 2.24) is 0 Å². The Morgan fingerprint density at radius 1 is 1.33 bits per heavy atom. The number of amidine groups is 1. The van der Waals surface area contributed by atoms with Gasteiger partial charge in [-0.1, -0.05) is 36.0 Å². The quantitative estimate of drug-likeness (QED) is 0.340. The Labute approximate surface area is 128 Å². The van der Waals surface area contributed by atoms with Crippen molar-refractivity contribution in [1.29, 1.82) is 0 Å². The van der Waals surface area contributed by atoms with E-state index in [2.05, 4.69) is 10.5 Å². The highest BCUT2D eigenvalue weighted by Crippen LogP contribution is 2.28. The van der Waals surface area contributed by atoms with E-state index in [9.17, 15) is 9.50 Å². The van der Waals surface area contributed by atoms with Crippen LogP contribution in [0, 0.1) is 11.7 Å². The summed E-state index contributed by atoms with van der Waals surface area (Å²) in [5.41, 5.74) is 0.392. The van der Waals surface area contributed by atoms with Crippen molar-refractivity contribution in [3.05, 3.63) is 29.0 Å². The molecular formula is C15H20ClFN2O2. The van der Waals surface area contributed by atoms with Crippen LogP contribution in [0.3, 0.4) is 0 Å². The van der Waals surface area contributed by atoms with Crippen LogP contribution in [-0.2, 0) is 0 Å². The Kier molecular flexibility index (Phi) is 5.82. The van der Waals surface area contributed by atoms with Crippen LogP contribution in [0.5, 0.6) is 0 Å². The van der Waals surface area contributed by atoms with Crippen LogP contribution in [0.15, 0.2) is 23.4 Å². The van der Waals surface area contributed by atoms with Gasteiger partial charge >= 0.3 is 0 Å². The molecule has 3 N–H and O–H groups in total. The predicted octanol–water partition coefficient (Wildman–Crippen LogP) is 4.01. The molecule has 1 atom stereocenters. The van der Waals surface area contributed by atoms with E-state index in [-0.39, 0.29) is 23.2 Å². The smallest absolute Gasteiger partial charge is 0.148 e. The summed E-state index contributed by atoms with van der Waals surface area (Å²) in [6.45, 7) is 0. The Morgan fingerprint density at radius 2 is 2.05 bits per heavy atom. The van der Waals surface area contributed by atoms with E-state index in [1.165, 1.54) is 24.6 Å². The first-order valence-electron chi connectivity index (χ1n) is 7.20. The summed E-state index contributed by atoms with van der Waals surface area (Å²) >= 11 is 5.77. The molecule has 1 aliphatic rings. The highest BCUT2D eigenvalue weighted by Gasteiger charge is 2.23. The van der Waals surface area contributed by atoms with Crippen LogP contribution < -0.4 is 5.32 Å². The second-order valence-electron chi connectivity index (χ2n) is 5.50. The number of hydrogen-bond donors (Lipinski definition) is 3. The maximum absolute atomic E-state index is 13.3. The third-order valence-electron chi connectivity index (χ3n) is 3.87. The number of anilines is 1. The second-order valence-corrected chi connectivity index (χ2v) is 5.94. The zero-order chi connectivity index (χ0) is 15.2. The number of nitrogens with one attached hydrogen (secondary N) is 1. The van der Waals surface area contributed by atoms with Gasteiger partial charge in [0.2, 0.25) is 0 Å². The minimum absolute atomic E-state index is 0.203. The molecule has 1 fully saturated rings. The molecule has 1 unspecified atom stereocenters. The summed E-state index contributed by atoms with van der Waals surface area (Å²) in [5, 5.41) is 25.5. The number of hydrogen-bond acceptors (Lipinski definition) is 3. The van der Waals surface area contributed by atoms with Gasteiger partial charge in [-0.2, -0.15) is 0 Å². The van der Waals surface area contributed by atoms with E-state index in [4.69, 9.17) is 16.8 Å². The summed E-state index contributed by atoms with van der Waals surface area (Å²) < 4.78 is 13.3. The third kappa shape index (κ3) is 4.86. The van der Waals surface area contributed by atoms with E-state index in [0.717, 1.165) is 25.7 Å². The van der Waals surface area contributed by atoms with E-state index in [1.807, 2.05) is 0 Å². The van der Waals surface area contributed by atoms with Crippen molar-refractivity contribution in [3.63, 3.8) is 0 Å². The maximum atomic E-state index is 13.3. The largest absolute Gasteiger partial charge is 0.409 e. The first kappa shape index (κ1) is 16.0. The molecule has 0 heterocycles. The number of oxime groups is 1. The van der Waals surface area contributed by atoms with Gasteiger partial charge in [0.15, 0.2) is 0 Å². The van der Waals surface area contributed by atoms with Gasteiger partial charge in [-0.05, 0) is 37.0 Å². The lowest BCUT2D eigenvalue weighted by Gasteiger charge is -2.26. The van der Waals surface area contributed by atoms with Crippen LogP contribution >= 0.6 is 11.6 Å². The fourth-order valence-corrected chi connectivity index (χ4v) is 3.01. The van der Waals surface area contributed by atoms with Gasteiger partial charge in [-0.25, -0.2) is 4.39 Å². The van der Waals surface area contributed by atoms with E-state index in [0.29, 0.717) is 5.69 Å². The summed E-state index contributed by atoms with van der Waals surface area (Å²) in [4.78, 5) is 0. The molecule has 0 aromatic heterocycles. The molecule has 6 heteroatoms. The lowest BCUT2D eigenvalue weighted by Crippen LogP contribution is -2.28. The molecule has 1 aromatic carbocycles. The molecule has 0 saturated heterocycles. The number of nitrogens with zero attached hydrogens (tertiary/aromatic N) is 1. The normalized spacial score (nSPS) is 18.5. The van der Waals surface area contributed by atoms with Gasteiger partial charge in [0.1, 0.15) is 11.7 Å². The van der Waals surface area contributed by atoms with Crippen molar-refractivity contribution in [3.8, 4) is 0 Å². The standard InChI is InChI=1S/C15H20ClFN2O2/c16-11-6-12(17)8-13(7-11)18-15(19-21)9-14(20)10-4-2-1-3-5-10/h6-8,10,14,20-21H,1-5,9H2,(H,18,19). The molecule has 0 spiro atoms. The molecule has 116 valence electrons. The van der Waals surface area contributed by atoms with Gasteiger partial charge in [-0.3, -0.25) is 0 Å². The van der Waals surface area contributed by atoms with E-state index < -0.39 is 11.9 Å². The molecule has 1 aliphatic carbocycles. The summed E-state index contributed by atoms with van der Waals surface area (Å²) in [6, 6.07) is 3.98. The molecule has 2 rings (SSSR count). The van der Waals surface area contributed by atoms with Crippen molar-refractivity contribution in [2.75, 3.05) is 5.32 Å². The minimum atomic E-state index is -0.562. The van der Waals surface area contributed by atoms with Crippen molar-refractivity contribution in [2.24, 2.45) is 11.1 Å². The highest BCUT2D eigenvalue weighted by atomic mass is 35.5. The number of aliphatic hydroxyl groups is 1. The molecule has 1 saturated carbocycles. The molecule has 0 bridgehead atoms. The molecule has 4 nitrogen and oxygen atoms in total. The Balaban J connectivity index is 1.96. The monoisotopic (exact) mass is 314 g/mol. The van der Waals surface area contributed by atoms with Crippen molar-refractivity contribution < 1.29 is 14.7 Å². The third-order valence-corrected chi connectivity index (χ3v) is 4.09. The van der Waals surface area contributed by atoms with Gasteiger partial charge in [0, 0.05) is 17.1 Å². The van der Waals surface area contributed by atoms with Gasteiger partial charge in [0.05, 0.1) is 6.10 Å². The first-order valence-corrected chi connectivity index (χ1v) is 7.58. The number of halogens is 2. The van der Waals surface area contributed by atoms with Crippen LogP contribution in [-0.4, -0.2) is 22.3 Å². The average molecular weight is 315 g/mol. The van der Waals surface area contributed by atoms with Gasteiger partial charge in [-0.15, -0.1) is 0 Å². The lowest BCUT2D eigenvalue weighted by atomic mass is 9.84. The Hall–Kier alpha value is -1.33. The fourth-order valence-electron chi connectivity index (χ4n) is 2.79. The number of benzene rings is 1. The first-order chi connectivity index (χ1) is 10.1. The van der Waals surface area contributed by atoms with Crippen molar-refractivity contribution in [2.45, 2.75) is 44.6 Å². The molecule has 0 radical (unpaired) electrons. The molecule has 21 heavy (non-hydrogen) atoms. The zero-order valence-electron chi connectivity index (χ0n) is 11.7. The van der Waals surface area contributed by atoms with E-state index >= 15 is 0 Å². The zero-order valence-corrected chi connectivity index (χ0v) is 12.5. The molecule has 0 amide bonds. The van der Waals surface area contributed by atoms with Crippen LogP contribution in [0.4, 0.5) is 10.1 Å². The SMILES string of the molecule is O/N=C(/CC(O)C1CCCCC1)Nc1cc(F)cc(Cl)c1. The Morgan fingerprint density at radius 3 is 2.67 bits per heavy atom. The van der Waals surface area contributed by atoms with Crippen LogP contribution in [0.1, 0.15) is 38.5 Å². The average Bonchev–Trinajstić information content (AvgIpc) is 2.46. The topological polar surface area (TPSA) is 64.9 Å². The summed E-state index contributed by atoms with van der Waals surface area (Å²) in [7, 11) is 0. The van der Waals surface area contributed by atoms with Gasteiger partial charge < -0.3 is 15.6 Å². The van der Waals surface area contributed by atoms with Gasteiger partial charge in [0.25, 0.3) is 0 Å². The predicted molar refractivity (Wildman–Crippen MR) is 81.5 cm³/mol. The van der Waals surface area contributed by atoms with Crippen LogP contribution in [0.2, 0.25) is 5.02 Å². The Bertz CT molecular complexity index is 484. The highest BCUT2D eigenvalue weighted by molar-refractivity contribution is 6.30. The molecular weight excluding hydrogens is 295 g/mol. The van der Waals surface area contributed by atoms with Crippen LogP contribution in [0.25, 0.3) is 0 Å². The fraction of sp³-hybridized carbons (Fsp3) is 0.533. The second kappa shape index (κ2) is 7.61. The summed E-state index contributed by atoms with van der Waals surface area (Å²) in [6.07, 6.45) is 5.09. The van der Waals surface area contributed by atoms with E-state index in [1.54, 1.807) is 0 Å². The minimum Gasteiger partial charge on any atom is -0.409 e. The lowest BCUT2D eigenvalue weighted by molar-refractivity contribution is 0.0903. The van der Waals surface area contributed by atoms with Crippen molar-refractivity contribution >= 4 is 23.1 Å². The summed E-state index contributed by atoms with van der Waals surface area (Å²) in [5.74, 6) is -0.0433. The maximum Gasteiger partial charge on any atom is 0.148 e. The number of rotatable bonds is 4. The number of aliphatic hydroxyl groups excluding tert-OH is 1. The molecule has 1 aromatic rings.